The molecule has 3 aromatic rings. The Labute approximate surface area is 125 Å². The molecule has 0 unspecified atom stereocenters. The maximum absolute atomic E-state index is 14.1. The van der Waals surface area contributed by atoms with E-state index in [9.17, 15) is 13.6 Å². The molecule has 0 bridgehead atoms. The number of hydrogen-bond donors (Lipinski definition) is 0. The van der Waals surface area contributed by atoms with Crippen LogP contribution in [0.4, 0.5) is 8.78 Å². The molecule has 0 saturated heterocycles. The van der Waals surface area contributed by atoms with E-state index in [0.717, 1.165) is 22.4 Å². The van der Waals surface area contributed by atoms with Gasteiger partial charge in [-0.25, -0.2) is 18.7 Å². The maximum Gasteiger partial charge on any atom is 0.256 e. The molecule has 3 rings (SSSR count). The van der Waals surface area contributed by atoms with Crippen LogP contribution >= 0.6 is 0 Å². The average Bonchev–Trinajstić information content (AvgIpc) is 2.48. The van der Waals surface area contributed by atoms with E-state index in [1.165, 1.54) is 12.1 Å². The molecule has 0 spiro atoms. The number of fused-ring (bicyclic) bond motifs is 1. The smallest absolute Gasteiger partial charge is 0.256 e. The number of rotatable bonds is 2. The lowest BCUT2D eigenvalue weighted by Gasteiger charge is -2.13. The summed E-state index contributed by atoms with van der Waals surface area (Å²) in [7, 11) is 0. The van der Waals surface area contributed by atoms with Gasteiger partial charge in [-0.05, 0) is 31.5 Å². The van der Waals surface area contributed by atoms with Gasteiger partial charge < -0.3 is 0 Å². The Hall–Kier alpha value is -2.63. The predicted molar refractivity (Wildman–Crippen MR) is 79.2 cm³/mol. The first-order valence-corrected chi connectivity index (χ1v) is 6.86. The van der Waals surface area contributed by atoms with Crippen molar-refractivity contribution in [2.45, 2.75) is 20.3 Å². The van der Waals surface area contributed by atoms with Crippen LogP contribution in [0, 0.1) is 18.6 Å². The average molecular weight is 301 g/mol. The third-order valence-electron chi connectivity index (χ3n) is 3.44. The highest BCUT2D eigenvalue weighted by Crippen LogP contribution is 2.22. The van der Waals surface area contributed by atoms with Crippen LogP contribution in [0.2, 0.25) is 0 Å². The molecule has 1 aromatic carbocycles. The first-order chi connectivity index (χ1) is 10.5. The molecule has 0 N–H and O–H groups in total. The lowest BCUT2D eigenvalue weighted by atomic mass is 10.2. The lowest BCUT2D eigenvalue weighted by Crippen LogP contribution is -2.21. The van der Waals surface area contributed by atoms with E-state index in [1.807, 2.05) is 6.92 Å². The molecule has 0 aliphatic carbocycles. The van der Waals surface area contributed by atoms with Gasteiger partial charge in [0, 0.05) is 11.5 Å². The number of aryl methyl sites for hydroxylation is 2. The molecule has 4 nitrogen and oxygen atoms in total. The lowest BCUT2D eigenvalue weighted by molar-refractivity contribution is 0.568. The van der Waals surface area contributed by atoms with E-state index < -0.39 is 22.9 Å². The SMILES string of the molecule is CCc1nc(C)nc2c1ccc(=O)n2-c1c(F)cccc1F. The normalized spacial score (nSPS) is 11.1. The summed E-state index contributed by atoms with van der Waals surface area (Å²) in [6.45, 7) is 3.60. The third kappa shape index (κ3) is 2.16. The van der Waals surface area contributed by atoms with Crippen molar-refractivity contribution < 1.29 is 8.78 Å². The standard InChI is InChI=1S/C16H13F2N3O/c1-3-13-10-7-8-14(22)21(16(10)20-9(2)19-13)15-11(17)5-4-6-12(15)18/h4-8H,3H2,1-2H3. The van der Waals surface area contributed by atoms with Crippen LogP contribution in [0.1, 0.15) is 18.4 Å². The number of hydrogen-bond acceptors (Lipinski definition) is 3. The summed E-state index contributed by atoms with van der Waals surface area (Å²) in [6.07, 6.45) is 0.623. The topological polar surface area (TPSA) is 47.8 Å². The van der Waals surface area contributed by atoms with Gasteiger partial charge in [-0.1, -0.05) is 13.0 Å². The van der Waals surface area contributed by atoms with Crippen LogP contribution in [0.25, 0.3) is 16.7 Å². The molecule has 2 heterocycles. The number of nitrogens with zero attached hydrogens (tertiary/aromatic N) is 3. The Balaban J connectivity index is 2.51. The van der Waals surface area contributed by atoms with Gasteiger partial charge in [-0.3, -0.25) is 9.36 Å². The second kappa shape index (κ2) is 5.29. The molecule has 2 aromatic heterocycles. The largest absolute Gasteiger partial charge is 0.269 e. The molecule has 22 heavy (non-hydrogen) atoms. The van der Waals surface area contributed by atoms with E-state index in [2.05, 4.69) is 9.97 Å². The second-order valence-corrected chi connectivity index (χ2v) is 4.89. The summed E-state index contributed by atoms with van der Waals surface area (Å²) in [5.41, 5.74) is -0.0243. The summed E-state index contributed by atoms with van der Waals surface area (Å²) in [4.78, 5) is 20.8. The zero-order valence-corrected chi connectivity index (χ0v) is 12.1. The van der Waals surface area contributed by atoms with E-state index in [4.69, 9.17) is 0 Å². The van der Waals surface area contributed by atoms with Crippen LogP contribution in [0.15, 0.2) is 35.1 Å². The fraction of sp³-hybridized carbons (Fsp3) is 0.188. The van der Waals surface area contributed by atoms with Crippen LogP contribution in [-0.4, -0.2) is 14.5 Å². The van der Waals surface area contributed by atoms with Gasteiger partial charge >= 0.3 is 0 Å². The van der Waals surface area contributed by atoms with Crippen LogP contribution in [0.3, 0.4) is 0 Å². The molecule has 0 amide bonds. The van der Waals surface area contributed by atoms with Crippen LogP contribution < -0.4 is 5.56 Å². The minimum atomic E-state index is -0.816. The van der Waals surface area contributed by atoms with Crippen molar-refractivity contribution in [3.05, 3.63) is 63.8 Å². The molecule has 0 atom stereocenters. The first-order valence-electron chi connectivity index (χ1n) is 6.86. The van der Waals surface area contributed by atoms with Gasteiger partial charge in [0.25, 0.3) is 5.56 Å². The van der Waals surface area contributed by atoms with Gasteiger partial charge in [0.1, 0.15) is 23.1 Å². The minimum absolute atomic E-state index is 0.209. The van der Waals surface area contributed by atoms with Gasteiger partial charge in [0.2, 0.25) is 0 Å². The van der Waals surface area contributed by atoms with Crippen LogP contribution in [-0.2, 0) is 6.42 Å². The predicted octanol–water partition coefficient (Wildman–Crippen LogP) is 2.93. The number of benzene rings is 1. The summed E-state index contributed by atoms with van der Waals surface area (Å²) in [5, 5.41) is 0.607. The first kappa shape index (κ1) is 14.3. The summed E-state index contributed by atoms with van der Waals surface area (Å²) in [6, 6.07) is 6.33. The van der Waals surface area contributed by atoms with Crippen molar-refractivity contribution in [1.82, 2.24) is 14.5 Å². The second-order valence-electron chi connectivity index (χ2n) is 4.89. The number of para-hydroxylation sites is 1. The molecule has 0 radical (unpaired) electrons. The Bertz CT molecular complexity index is 914. The molecule has 0 aliphatic heterocycles. The highest BCUT2D eigenvalue weighted by atomic mass is 19.1. The van der Waals surface area contributed by atoms with Gasteiger partial charge in [-0.15, -0.1) is 0 Å². The Morgan fingerprint density at radius 3 is 2.41 bits per heavy atom. The Morgan fingerprint density at radius 2 is 1.77 bits per heavy atom. The molecule has 6 heteroatoms. The molecule has 112 valence electrons. The summed E-state index contributed by atoms with van der Waals surface area (Å²) in [5.74, 6) is -1.19. The van der Waals surface area contributed by atoms with Crippen molar-refractivity contribution >= 4 is 11.0 Å². The zero-order valence-electron chi connectivity index (χ0n) is 12.1. The number of pyridine rings is 1. The summed E-state index contributed by atoms with van der Waals surface area (Å²) >= 11 is 0. The minimum Gasteiger partial charge on any atom is -0.269 e. The van der Waals surface area contributed by atoms with Gasteiger partial charge in [-0.2, -0.15) is 0 Å². The van der Waals surface area contributed by atoms with Gasteiger partial charge in [0.15, 0.2) is 5.65 Å². The Morgan fingerprint density at radius 1 is 1.09 bits per heavy atom. The molecule has 0 saturated carbocycles. The molecule has 0 fully saturated rings. The fourth-order valence-corrected chi connectivity index (χ4v) is 2.49. The highest BCUT2D eigenvalue weighted by molar-refractivity contribution is 5.79. The highest BCUT2D eigenvalue weighted by Gasteiger charge is 2.17. The van der Waals surface area contributed by atoms with Crippen LogP contribution in [0.5, 0.6) is 0 Å². The van der Waals surface area contributed by atoms with Crippen molar-refractivity contribution in [1.29, 1.82) is 0 Å². The quantitative estimate of drug-likeness (QED) is 0.731. The van der Waals surface area contributed by atoms with E-state index >= 15 is 0 Å². The van der Waals surface area contributed by atoms with Crippen molar-refractivity contribution in [2.24, 2.45) is 0 Å². The number of aromatic nitrogens is 3. The van der Waals surface area contributed by atoms with Crippen molar-refractivity contribution in [2.75, 3.05) is 0 Å². The number of halogens is 2. The molecular formula is C16H13F2N3O. The third-order valence-corrected chi connectivity index (χ3v) is 3.44. The monoisotopic (exact) mass is 301 g/mol. The summed E-state index contributed by atoms with van der Waals surface area (Å²) < 4.78 is 29.1. The Kier molecular flexibility index (Phi) is 3.44. The molecular weight excluding hydrogens is 288 g/mol. The van der Waals surface area contributed by atoms with E-state index in [-0.39, 0.29) is 5.65 Å². The maximum atomic E-state index is 14.1. The zero-order chi connectivity index (χ0) is 15.9. The van der Waals surface area contributed by atoms with E-state index in [1.54, 1.807) is 13.0 Å². The fourth-order valence-electron chi connectivity index (χ4n) is 2.49. The molecule has 0 aliphatic rings. The van der Waals surface area contributed by atoms with Crippen molar-refractivity contribution in [3.8, 4) is 5.69 Å². The van der Waals surface area contributed by atoms with E-state index in [0.29, 0.717) is 17.6 Å². The van der Waals surface area contributed by atoms with Crippen molar-refractivity contribution in [3.63, 3.8) is 0 Å². The van der Waals surface area contributed by atoms with Gasteiger partial charge in [0.05, 0.1) is 5.69 Å².